The van der Waals surface area contributed by atoms with Gasteiger partial charge in [0.1, 0.15) is 0 Å². The van der Waals surface area contributed by atoms with E-state index in [4.69, 9.17) is 4.52 Å². The molecule has 0 atom stereocenters. The SMILES string of the molecule is CC(=O)Nc1cccc(NC(=O)C2CCN(Cc3nc(-c4ccc(C(C)(C)C)cc4)no3)CC2)c1. The van der Waals surface area contributed by atoms with Gasteiger partial charge in [0.25, 0.3) is 0 Å². The molecule has 0 unspecified atom stereocenters. The molecule has 2 heterocycles. The van der Waals surface area contributed by atoms with Crippen molar-refractivity contribution in [2.75, 3.05) is 23.7 Å². The van der Waals surface area contributed by atoms with Gasteiger partial charge in [0.2, 0.25) is 23.5 Å². The number of rotatable bonds is 6. The lowest BCUT2D eigenvalue weighted by atomic mass is 9.87. The van der Waals surface area contributed by atoms with Crippen LogP contribution in [0.1, 0.15) is 52.0 Å². The largest absolute Gasteiger partial charge is 0.338 e. The maximum atomic E-state index is 12.8. The number of carbonyl (C=O) groups excluding carboxylic acids is 2. The Kier molecular flexibility index (Phi) is 7.31. The number of hydrogen-bond donors (Lipinski definition) is 2. The zero-order chi connectivity index (χ0) is 25.0. The normalized spacial score (nSPS) is 15.1. The molecule has 3 aromatic rings. The van der Waals surface area contributed by atoms with Crippen molar-refractivity contribution in [1.82, 2.24) is 15.0 Å². The zero-order valence-corrected chi connectivity index (χ0v) is 20.8. The molecule has 1 aliphatic rings. The maximum Gasteiger partial charge on any atom is 0.241 e. The van der Waals surface area contributed by atoms with Crippen molar-refractivity contribution in [3.63, 3.8) is 0 Å². The van der Waals surface area contributed by atoms with E-state index in [1.165, 1.54) is 12.5 Å². The Morgan fingerprint density at radius 3 is 2.31 bits per heavy atom. The van der Waals surface area contributed by atoms with E-state index in [2.05, 4.69) is 58.6 Å². The lowest BCUT2D eigenvalue weighted by Gasteiger charge is -2.30. The van der Waals surface area contributed by atoms with E-state index >= 15 is 0 Å². The first kappa shape index (κ1) is 24.6. The van der Waals surface area contributed by atoms with Gasteiger partial charge >= 0.3 is 0 Å². The first-order valence-corrected chi connectivity index (χ1v) is 12.0. The highest BCUT2D eigenvalue weighted by Gasteiger charge is 2.26. The van der Waals surface area contributed by atoms with Crippen molar-refractivity contribution >= 4 is 23.2 Å². The fourth-order valence-corrected chi connectivity index (χ4v) is 4.22. The van der Waals surface area contributed by atoms with Gasteiger partial charge in [0, 0.05) is 29.8 Å². The van der Waals surface area contributed by atoms with Crippen LogP contribution in [0.15, 0.2) is 53.1 Å². The summed E-state index contributed by atoms with van der Waals surface area (Å²) in [6.45, 7) is 10.1. The summed E-state index contributed by atoms with van der Waals surface area (Å²) < 4.78 is 5.50. The van der Waals surface area contributed by atoms with Gasteiger partial charge in [-0.05, 0) is 55.1 Å². The van der Waals surface area contributed by atoms with E-state index < -0.39 is 0 Å². The molecule has 2 aromatic carbocycles. The standard InChI is InChI=1S/C27H33N5O3/c1-18(33)28-22-6-5-7-23(16-22)29-26(34)20-12-14-32(15-13-20)17-24-30-25(31-35-24)19-8-10-21(11-9-19)27(2,3)4/h5-11,16,20H,12-15,17H2,1-4H3,(H,28,33)(H,29,34). The van der Waals surface area contributed by atoms with Gasteiger partial charge in [0.05, 0.1) is 6.54 Å². The minimum Gasteiger partial charge on any atom is -0.338 e. The molecular formula is C27H33N5O3. The summed E-state index contributed by atoms with van der Waals surface area (Å²) in [4.78, 5) is 30.8. The first-order valence-electron chi connectivity index (χ1n) is 12.0. The van der Waals surface area contributed by atoms with Crippen LogP contribution in [-0.2, 0) is 21.5 Å². The number of hydrogen-bond acceptors (Lipinski definition) is 6. The number of aromatic nitrogens is 2. The monoisotopic (exact) mass is 475 g/mol. The predicted octanol–water partition coefficient (Wildman–Crippen LogP) is 4.84. The molecule has 0 radical (unpaired) electrons. The number of nitrogens with one attached hydrogen (secondary N) is 2. The lowest BCUT2D eigenvalue weighted by molar-refractivity contribution is -0.121. The van der Waals surface area contributed by atoms with Gasteiger partial charge in [-0.3, -0.25) is 14.5 Å². The third-order valence-electron chi connectivity index (χ3n) is 6.24. The van der Waals surface area contributed by atoms with Crippen LogP contribution < -0.4 is 10.6 Å². The van der Waals surface area contributed by atoms with Crippen LogP contribution in [-0.4, -0.2) is 39.9 Å². The second kappa shape index (κ2) is 10.4. The van der Waals surface area contributed by atoms with Crippen LogP contribution in [0.25, 0.3) is 11.4 Å². The summed E-state index contributed by atoms with van der Waals surface area (Å²) >= 11 is 0. The average Bonchev–Trinajstić information content (AvgIpc) is 3.27. The highest BCUT2D eigenvalue weighted by atomic mass is 16.5. The number of nitrogens with zero attached hydrogens (tertiary/aromatic N) is 3. The number of benzene rings is 2. The van der Waals surface area contributed by atoms with Gasteiger partial charge in [-0.2, -0.15) is 4.98 Å². The molecule has 8 heteroatoms. The Bertz CT molecular complexity index is 1170. The van der Waals surface area contributed by atoms with Gasteiger partial charge in [-0.15, -0.1) is 0 Å². The minimum atomic E-state index is -0.146. The molecule has 0 aliphatic carbocycles. The average molecular weight is 476 g/mol. The van der Waals surface area contributed by atoms with Gasteiger partial charge in [0.15, 0.2) is 0 Å². The number of carbonyl (C=O) groups is 2. The molecule has 8 nitrogen and oxygen atoms in total. The summed E-state index contributed by atoms with van der Waals surface area (Å²) in [6.07, 6.45) is 1.51. The molecular weight excluding hydrogens is 442 g/mol. The van der Waals surface area contributed by atoms with Gasteiger partial charge < -0.3 is 15.2 Å². The number of piperidine rings is 1. The number of amides is 2. The third kappa shape index (κ3) is 6.54. The van der Waals surface area contributed by atoms with E-state index in [-0.39, 0.29) is 23.1 Å². The summed E-state index contributed by atoms with van der Waals surface area (Å²) in [5, 5.41) is 9.86. The van der Waals surface area contributed by atoms with Crippen LogP contribution in [0.2, 0.25) is 0 Å². The van der Waals surface area contributed by atoms with E-state index in [1.807, 2.05) is 18.2 Å². The molecule has 1 aromatic heterocycles. The van der Waals surface area contributed by atoms with Gasteiger partial charge in [-0.1, -0.05) is 56.3 Å². The Morgan fingerprint density at radius 2 is 1.69 bits per heavy atom. The van der Waals surface area contributed by atoms with Crippen molar-refractivity contribution in [3.05, 3.63) is 60.0 Å². The second-order valence-electron chi connectivity index (χ2n) is 10.1. The van der Waals surface area contributed by atoms with Crippen molar-refractivity contribution in [2.24, 2.45) is 5.92 Å². The molecule has 0 bridgehead atoms. The smallest absolute Gasteiger partial charge is 0.241 e. The summed E-state index contributed by atoms with van der Waals surface area (Å²) in [7, 11) is 0. The third-order valence-corrected chi connectivity index (χ3v) is 6.24. The maximum absolute atomic E-state index is 12.8. The molecule has 1 saturated heterocycles. The zero-order valence-electron chi connectivity index (χ0n) is 20.8. The highest BCUT2D eigenvalue weighted by molar-refractivity contribution is 5.94. The van der Waals surface area contributed by atoms with Crippen LogP contribution in [0, 0.1) is 5.92 Å². The minimum absolute atomic E-state index is 0.00315. The molecule has 1 fully saturated rings. The van der Waals surface area contributed by atoms with Crippen LogP contribution in [0.4, 0.5) is 11.4 Å². The highest BCUT2D eigenvalue weighted by Crippen LogP contribution is 2.26. The fourth-order valence-electron chi connectivity index (χ4n) is 4.22. The van der Waals surface area contributed by atoms with Crippen LogP contribution >= 0.6 is 0 Å². The van der Waals surface area contributed by atoms with Crippen LogP contribution in [0.5, 0.6) is 0 Å². The van der Waals surface area contributed by atoms with E-state index in [0.717, 1.165) is 31.5 Å². The Morgan fingerprint density at radius 1 is 1.03 bits per heavy atom. The molecule has 4 rings (SSSR count). The van der Waals surface area contributed by atoms with Crippen molar-refractivity contribution in [3.8, 4) is 11.4 Å². The molecule has 1 aliphatic heterocycles. The second-order valence-corrected chi connectivity index (χ2v) is 10.1. The van der Waals surface area contributed by atoms with Crippen molar-refractivity contribution < 1.29 is 14.1 Å². The first-order chi connectivity index (χ1) is 16.7. The Balaban J connectivity index is 1.28. The van der Waals surface area contributed by atoms with Gasteiger partial charge in [-0.25, -0.2) is 0 Å². The van der Waals surface area contributed by atoms with Crippen molar-refractivity contribution in [2.45, 2.75) is 52.5 Å². The Labute approximate surface area is 206 Å². The van der Waals surface area contributed by atoms with E-state index in [0.29, 0.717) is 29.6 Å². The predicted molar refractivity (Wildman–Crippen MR) is 136 cm³/mol. The molecule has 35 heavy (non-hydrogen) atoms. The fraction of sp³-hybridized carbons (Fsp3) is 0.407. The molecule has 2 amide bonds. The van der Waals surface area contributed by atoms with Crippen molar-refractivity contribution in [1.29, 1.82) is 0 Å². The number of anilines is 2. The number of likely N-dealkylation sites (tertiary alicyclic amines) is 1. The Hall–Kier alpha value is -3.52. The lowest BCUT2D eigenvalue weighted by Crippen LogP contribution is -2.37. The molecule has 0 saturated carbocycles. The summed E-state index contributed by atoms with van der Waals surface area (Å²) in [6, 6.07) is 15.5. The topological polar surface area (TPSA) is 100 Å². The molecule has 2 N–H and O–H groups in total. The van der Waals surface area contributed by atoms with E-state index in [1.54, 1.807) is 18.2 Å². The summed E-state index contributed by atoms with van der Waals surface area (Å²) in [5.74, 6) is 0.972. The van der Waals surface area contributed by atoms with E-state index in [9.17, 15) is 9.59 Å². The van der Waals surface area contributed by atoms with Crippen LogP contribution in [0.3, 0.4) is 0 Å². The quantitative estimate of drug-likeness (QED) is 0.529. The summed E-state index contributed by atoms with van der Waals surface area (Å²) in [5.41, 5.74) is 3.64. The molecule has 184 valence electrons. The molecule has 0 spiro atoms.